The van der Waals surface area contributed by atoms with Crippen molar-refractivity contribution in [1.82, 2.24) is 9.55 Å². The van der Waals surface area contributed by atoms with E-state index in [0.29, 0.717) is 5.56 Å². The number of nitrogens with zero attached hydrogens (tertiary/aromatic N) is 3. The molecule has 4 rings (SSSR count). The maximum absolute atomic E-state index is 12.7. The number of carbonyl (C=O) groups is 1. The summed E-state index contributed by atoms with van der Waals surface area (Å²) in [4.78, 5) is 22.2. The average Bonchev–Trinajstić information content (AvgIpc) is 3.23. The van der Waals surface area contributed by atoms with Gasteiger partial charge in [0.1, 0.15) is 0 Å². The van der Waals surface area contributed by atoms with Gasteiger partial charge in [0.25, 0.3) is 5.91 Å². The fraction of sp³-hybridized carbons (Fsp3) is 0.167. The lowest BCUT2D eigenvalue weighted by Gasteiger charge is -2.03. The number of thioether (sulfide) groups is 1. The van der Waals surface area contributed by atoms with Gasteiger partial charge < -0.3 is 4.57 Å². The highest BCUT2D eigenvalue weighted by atomic mass is 79.9. The van der Waals surface area contributed by atoms with Crippen LogP contribution < -0.4 is 4.80 Å². The molecule has 2 aromatic heterocycles. The van der Waals surface area contributed by atoms with Crippen LogP contribution in [0.5, 0.6) is 0 Å². The number of carbonyl (C=O) groups excluding carboxylic acids is 1. The summed E-state index contributed by atoms with van der Waals surface area (Å²) in [5.41, 5.74) is 4.40. The lowest BCUT2D eigenvalue weighted by molar-refractivity contribution is 0.0998. The third-order valence-electron chi connectivity index (χ3n) is 3.94. The van der Waals surface area contributed by atoms with Crippen molar-refractivity contribution in [2.45, 2.75) is 6.54 Å². The van der Waals surface area contributed by atoms with E-state index < -0.39 is 0 Å². The quantitative estimate of drug-likeness (QED) is 0.418. The summed E-state index contributed by atoms with van der Waals surface area (Å²) < 4.78 is 5.27. The predicted octanol–water partition coefficient (Wildman–Crippen LogP) is 5.18. The summed E-state index contributed by atoms with van der Waals surface area (Å²) in [5.74, 6) is 0.750. The lowest BCUT2D eigenvalue weighted by atomic mass is 10.2. The van der Waals surface area contributed by atoms with Gasteiger partial charge in [0.05, 0.1) is 25.9 Å². The second kappa shape index (κ2) is 7.64. The summed E-state index contributed by atoms with van der Waals surface area (Å²) in [6, 6.07) is 11.7. The first-order valence-electron chi connectivity index (χ1n) is 7.86. The Balaban J connectivity index is 1.81. The Hall–Kier alpha value is -1.48. The Morgan fingerprint density at radius 3 is 3.00 bits per heavy atom. The molecule has 2 heterocycles. The number of fused-ring (bicyclic) bond motifs is 2. The first kappa shape index (κ1) is 17.9. The van der Waals surface area contributed by atoms with Crippen LogP contribution in [0.2, 0.25) is 0 Å². The molecule has 26 heavy (non-hydrogen) atoms. The molecule has 0 bridgehead atoms. The first-order chi connectivity index (χ1) is 12.7. The number of halogens is 1. The number of hydrogen-bond donors (Lipinski definition) is 0. The van der Waals surface area contributed by atoms with Crippen LogP contribution in [0.4, 0.5) is 0 Å². The fourth-order valence-electron chi connectivity index (χ4n) is 2.67. The second-order valence-corrected chi connectivity index (χ2v) is 9.39. The van der Waals surface area contributed by atoms with Crippen LogP contribution in [0.3, 0.4) is 0 Å². The summed E-state index contributed by atoms with van der Waals surface area (Å²) in [6.07, 6.45) is 2.08. The first-order valence-corrected chi connectivity index (χ1v) is 11.7. The smallest absolute Gasteiger partial charge is 0.279 e. The second-order valence-electron chi connectivity index (χ2n) is 5.59. The Morgan fingerprint density at radius 1 is 1.27 bits per heavy atom. The minimum atomic E-state index is -0.219. The SMILES string of the molecule is CSCCn1c(=NC(=O)c2ccc3ncsc3c2)sc2cc(Br)ccc21. The Kier molecular flexibility index (Phi) is 5.26. The van der Waals surface area contributed by atoms with Crippen LogP contribution in [-0.2, 0) is 6.54 Å². The fourth-order valence-corrected chi connectivity index (χ4v) is 5.36. The van der Waals surface area contributed by atoms with Crippen molar-refractivity contribution < 1.29 is 4.79 Å². The van der Waals surface area contributed by atoms with Gasteiger partial charge in [-0.2, -0.15) is 16.8 Å². The van der Waals surface area contributed by atoms with E-state index in [0.717, 1.165) is 42.0 Å². The van der Waals surface area contributed by atoms with Gasteiger partial charge in [0, 0.05) is 22.3 Å². The van der Waals surface area contributed by atoms with Crippen LogP contribution >= 0.6 is 50.4 Å². The van der Waals surface area contributed by atoms with Crippen molar-refractivity contribution in [2.75, 3.05) is 12.0 Å². The minimum Gasteiger partial charge on any atom is -0.316 e. The summed E-state index contributed by atoms with van der Waals surface area (Å²) in [6.45, 7) is 0.822. The third kappa shape index (κ3) is 3.51. The summed E-state index contributed by atoms with van der Waals surface area (Å²) >= 11 is 8.37. The predicted molar refractivity (Wildman–Crippen MR) is 115 cm³/mol. The highest BCUT2D eigenvalue weighted by molar-refractivity contribution is 9.10. The number of aryl methyl sites for hydroxylation is 1. The van der Waals surface area contributed by atoms with Gasteiger partial charge in [-0.05, 0) is 42.7 Å². The molecule has 0 atom stereocenters. The number of hydrogen-bond acceptors (Lipinski definition) is 5. The van der Waals surface area contributed by atoms with Crippen LogP contribution in [0.1, 0.15) is 10.4 Å². The number of benzene rings is 2. The molecular weight excluding hydrogens is 450 g/mol. The number of rotatable bonds is 4. The Morgan fingerprint density at radius 2 is 2.15 bits per heavy atom. The third-order valence-corrected chi connectivity index (χ3v) is 6.86. The molecule has 0 aliphatic carbocycles. The van der Waals surface area contributed by atoms with Crippen LogP contribution in [0.25, 0.3) is 20.4 Å². The number of thiazole rings is 2. The molecule has 0 spiro atoms. The molecule has 2 aromatic carbocycles. The van der Waals surface area contributed by atoms with Gasteiger partial charge >= 0.3 is 0 Å². The topological polar surface area (TPSA) is 47.2 Å². The Labute approximate surface area is 170 Å². The van der Waals surface area contributed by atoms with Crippen LogP contribution in [0.15, 0.2) is 51.4 Å². The largest absolute Gasteiger partial charge is 0.316 e. The van der Waals surface area contributed by atoms with Crippen LogP contribution in [0, 0.1) is 0 Å². The zero-order valence-electron chi connectivity index (χ0n) is 13.8. The van der Waals surface area contributed by atoms with Gasteiger partial charge in [-0.3, -0.25) is 4.79 Å². The number of amides is 1. The molecule has 0 N–H and O–H groups in total. The van der Waals surface area contributed by atoms with E-state index in [1.807, 2.05) is 18.2 Å². The molecular formula is C18H14BrN3OS3. The molecule has 0 unspecified atom stereocenters. The van der Waals surface area contributed by atoms with Crippen molar-refractivity contribution >= 4 is 76.7 Å². The van der Waals surface area contributed by atoms with Crippen molar-refractivity contribution in [1.29, 1.82) is 0 Å². The molecule has 0 fully saturated rings. The molecule has 8 heteroatoms. The monoisotopic (exact) mass is 463 g/mol. The van der Waals surface area contributed by atoms with Crippen molar-refractivity contribution in [2.24, 2.45) is 4.99 Å². The maximum Gasteiger partial charge on any atom is 0.279 e. The van der Waals surface area contributed by atoms with Crippen molar-refractivity contribution in [3.05, 3.63) is 56.7 Å². The van der Waals surface area contributed by atoms with Gasteiger partial charge in [-0.1, -0.05) is 27.3 Å². The molecule has 4 nitrogen and oxygen atoms in total. The molecule has 132 valence electrons. The van der Waals surface area contributed by atoms with Gasteiger partial charge in [-0.15, -0.1) is 11.3 Å². The summed E-state index contributed by atoms with van der Waals surface area (Å²) in [5, 5.41) is 0. The van der Waals surface area contributed by atoms with Gasteiger partial charge in [-0.25, -0.2) is 4.98 Å². The van der Waals surface area contributed by atoms with E-state index in [2.05, 4.69) is 48.9 Å². The van der Waals surface area contributed by atoms with Gasteiger partial charge in [0.15, 0.2) is 4.80 Å². The van der Waals surface area contributed by atoms with E-state index >= 15 is 0 Å². The van der Waals surface area contributed by atoms with E-state index in [-0.39, 0.29) is 5.91 Å². The zero-order chi connectivity index (χ0) is 18.1. The summed E-state index contributed by atoms with van der Waals surface area (Å²) in [7, 11) is 0. The average molecular weight is 464 g/mol. The van der Waals surface area contributed by atoms with E-state index in [4.69, 9.17) is 0 Å². The van der Waals surface area contributed by atoms with Crippen molar-refractivity contribution in [3.63, 3.8) is 0 Å². The molecule has 1 amide bonds. The molecule has 0 aliphatic rings. The maximum atomic E-state index is 12.7. The van der Waals surface area contributed by atoms with Gasteiger partial charge in [0.2, 0.25) is 0 Å². The lowest BCUT2D eigenvalue weighted by Crippen LogP contribution is -2.18. The zero-order valence-corrected chi connectivity index (χ0v) is 17.8. The van der Waals surface area contributed by atoms with E-state index in [9.17, 15) is 4.79 Å². The molecule has 4 aromatic rings. The highest BCUT2D eigenvalue weighted by Crippen LogP contribution is 2.23. The molecule has 0 saturated heterocycles. The normalized spacial score (nSPS) is 12.3. The minimum absolute atomic E-state index is 0.219. The van der Waals surface area contributed by atoms with E-state index in [1.54, 1.807) is 34.7 Å². The highest BCUT2D eigenvalue weighted by Gasteiger charge is 2.10. The van der Waals surface area contributed by atoms with E-state index in [1.165, 1.54) is 11.3 Å². The molecule has 0 saturated carbocycles. The standard InChI is InChI=1S/C18H14BrN3OS3/c1-24-7-6-22-14-5-3-12(19)9-16(14)26-18(22)21-17(23)11-2-4-13-15(8-11)25-10-20-13/h2-5,8-10H,6-7H2,1H3. The molecule has 0 aliphatic heterocycles. The Bertz CT molecular complexity index is 1180. The van der Waals surface area contributed by atoms with Crippen molar-refractivity contribution in [3.8, 4) is 0 Å². The number of aromatic nitrogens is 2. The molecule has 0 radical (unpaired) electrons. The van der Waals surface area contributed by atoms with Crippen LogP contribution in [-0.4, -0.2) is 27.5 Å².